The van der Waals surface area contributed by atoms with Gasteiger partial charge >= 0.3 is 11.9 Å². The Balaban J connectivity index is 2.44. The molecule has 7 nitrogen and oxygen atoms in total. The van der Waals surface area contributed by atoms with Gasteiger partial charge in [-0.25, -0.2) is 9.59 Å². The van der Waals surface area contributed by atoms with Gasteiger partial charge in [0.15, 0.2) is 5.78 Å². The Kier molecular flexibility index (Phi) is 9.41. The lowest BCUT2D eigenvalue weighted by Gasteiger charge is -2.07. The summed E-state index contributed by atoms with van der Waals surface area (Å²) in [6.07, 6.45) is 6.39. The van der Waals surface area contributed by atoms with Crippen LogP contribution in [0.1, 0.15) is 49.9 Å². The number of benzene rings is 1. The fourth-order valence-electron chi connectivity index (χ4n) is 2.98. The molecule has 1 aromatic carbocycles. The molecule has 0 aliphatic carbocycles. The number of terminal acetylenes is 1. The summed E-state index contributed by atoms with van der Waals surface area (Å²) in [5.74, 6) is 1.05. The van der Waals surface area contributed by atoms with Gasteiger partial charge < -0.3 is 14.2 Å². The number of ether oxygens (including phenoxy) is 3. The number of rotatable bonds is 10. The number of thiophene rings is 1. The summed E-state index contributed by atoms with van der Waals surface area (Å²) in [6.45, 7) is 5.27. The van der Waals surface area contributed by atoms with Crippen LogP contribution in [0.4, 0.5) is 0 Å². The van der Waals surface area contributed by atoms with Crippen molar-refractivity contribution in [2.75, 3.05) is 19.8 Å². The molecular weight excluding hydrogens is 442 g/mol. The Hall–Kier alpha value is -3.88. The predicted molar refractivity (Wildman–Crippen MR) is 124 cm³/mol. The molecule has 0 radical (unpaired) electrons. The maximum absolute atomic E-state index is 13.0. The highest BCUT2D eigenvalue weighted by Gasteiger charge is 2.28. The van der Waals surface area contributed by atoms with Gasteiger partial charge in [-0.1, -0.05) is 24.1 Å². The third-order valence-corrected chi connectivity index (χ3v) is 5.70. The average Bonchev–Trinajstić information content (AvgIpc) is 3.12. The zero-order chi connectivity index (χ0) is 24.4. The van der Waals surface area contributed by atoms with E-state index in [1.165, 1.54) is 6.08 Å². The number of carbonyl (C=O) groups excluding carboxylic acids is 3. The molecule has 1 heterocycles. The summed E-state index contributed by atoms with van der Waals surface area (Å²) in [4.78, 5) is 38.4. The second-order valence-electron chi connectivity index (χ2n) is 6.60. The molecule has 0 aliphatic heterocycles. The number of ketones is 1. The van der Waals surface area contributed by atoms with Crippen molar-refractivity contribution in [2.24, 2.45) is 0 Å². The molecule has 8 heteroatoms. The van der Waals surface area contributed by atoms with Gasteiger partial charge in [0.1, 0.15) is 23.3 Å². The number of nitriles is 1. The largest absolute Gasteiger partial charge is 0.480 e. The third-order valence-electron chi connectivity index (χ3n) is 4.43. The molecule has 0 spiro atoms. The molecule has 33 heavy (non-hydrogen) atoms. The first-order valence-electron chi connectivity index (χ1n) is 10.1. The smallest absolute Gasteiger partial charge is 0.348 e. The summed E-state index contributed by atoms with van der Waals surface area (Å²) in [5, 5.41) is 9.61. The van der Waals surface area contributed by atoms with Gasteiger partial charge in [-0.05, 0) is 38.5 Å². The third kappa shape index (κ3) is 6.31. The summed E-state index contributed by atoms with van der Waals surface area (Å²) in [6, 6.07) is 8.75. The van der Waals surface area contributed by atoms with Crippen LogP contribution in [0.25, 0.3) is 6.08 Å². The van der Waals surface area contributed by atoms with Crippen LogP contribution < -0.4 is 4.74 Å². The number of hydrogen-bond donors (Lipinski definition) is 0. The molecule has 0 N–H and O–H groups in total. The van der Waals surface area contributed by atoms with Gasteiger partial charge in [-0.15, -0.1) is 17.8 Å². The van der Waals surface area contributed by atoms with Crippen molar-refractivity contribution >= 4 is 35.1 Å². The zero-order valence-corrected chi connectivity index (χ0v) is 19.4. The van der Waals surface area contributed by atoms with Crippen LogP contribution in [-0.4, -0.2) is 37.5 Å². The summed E-state index contributed by atoms with van der Waals surface area (Å²) >= 11 is 0.985. The van der Waals surface area contributed by atoms with Crippen molar-refractivity contribution < 1.29 is 28.6 Å². The summed E-state index contributed by atoms with van der Waals surface area (Å²) < 4.78 is 15.6. The highest BCUT2D eigenvalue weighted by molar-refractivity contribution is 7.14. The van der Waals surface area contributed by atoms with Crippen LogP contribution in [0.15, 0.2) is 29.8 Å². The number of esters is 2. The lowest BCUT2D eigenvalue weighted by molar-refractivity contribution is -0.114. The first-order valence-corrected chi connectivity index (χ1v) is 11.0. The Morgan fingerprint density at radius 2 is 1.79 bits per heavy atom. The van der Waals surface area contributed by atoms with Crippen LogP contribution in [0.2, 0.25) is 0 Å². The number of carbonyl (C=O) groups is 3. The van der Waals surface area contributed by atoms with E-state index in [4.69, 9.17) is 20.6 Å². The number of nitrogens with zero attached hydrogens (tertiary/aromatic N) is 1. The molecule has 1 aromatic heterocycles. The highest BCUT2D eigenvalue weighted by Crippen LogP contribution is 2.31. The van der Waals surface area contributed by atoms with Crippen molar-refractivity contribution in [3.63, 3.8) is 0 Å². The lowest BCUT2D eigenvalue weighted by atomic mass is 10.0. The number of Topliss-reactive ketones (excluding diaryl/α,β-unsaturated/α-hetero) is 1. The van der Waals surface area contributed by atoms with Crippen molar-refractivity contribution in [1.82, 2.24) is 0 Å². The Morgan fingerprint density at radius 1 is 1.12 bits per heavy atom. The van der Waals surface area contributed by atoms with Gasteiger partial charge in [0.25, 0.3) is 0 Å². The first-order chi connectivity index (χ1) is 15.9. The van der Waals surface area contributed by atoms with Crippen molar-refractivity contribution in [3.8, 4) is 24.2 Å². The van der Waals surface area contributed by atoms with Crippen LogP contribution in [0.3, 0.4) is 0 Å². The predicted octanol–water partition coefficient (Wildman–Crippen LogP) is 4.14. The minimum absolute atomic E-state index is 0.0364. The van der Waals surface area contributed by atoms with Gasteiger partial charge in [-0.3, -0.25) is 4.79 Å². The minimum atomic E-state index is -0.639. The van der Waals surface area contributed by atoms with E-state index >= 15 is 0 Å². The van der Waals surface area contributed by atoms with E-state index in [1.54, 1.807) is 45.0 Å². The van der Waals surface area contributed by atoms with E-state index in [1.807, 2.05) is 6.07 Å². The monoisotopic (exact) mass is 465 g/mol. The molecule has 0 amide bonds. The topological polar surface area (TPSA) is 103 Å². The van der Waals surface area contributed by atoms with Gasteiger partial charge in [0.2, 0.25) is 0 Å². The average molecular weight is 466 g/mol. The fraction of sp³-hybridized carbons (Fsp3) is 0.280. The quantitative estimate of drug-likeness (QED) is 0.225. The number of para-hydroxylation sites is 1. The molecule has 0 fully saturated rings. The Labute approximate surface area is 196 Å². The number of hydrogen-bond acceptors (Lipinski definition) is 8. The first kappa shape index (κ1) is 25.4. The molecular formula is C25H23NO6S. The normalized spacial score (nSPS) is 10.6. The minimum Gasteiger partial charge on any atom is -0.480 e. The molecule has 170 valence electrons. The fourth-order valence-corrected chi connectivity index (χ4v) is 4.17. The Bertz CT molecular complexity index is 1160. The van der Waals surface area contributed by atoms with Crippen molar-refractivity contribution in [3.05, 3.63) is 56.3 Å². The molecule has 2 aromatic rings. The molecule has 0 saturated carbocycles. The molecule has 0 atom stereocenters. The SMILES string of the molecule is C#CCOc1ccccc1/C=C(\C#N)C(=O)Cc1sc(C(=O)OCC)c(C)c1C(=O)OCC. The second-order valence-corrected chi connectivity index (χ2v) is 7.70. The number of allylic oxidation sites excluding steroid dienone is 1. The molecule has 0 unspecified atom stereocenters. The Morgan fingerprint density at radius 3 is 2.42 bits per heavy atom. The van der Waals surface area contributed by atoms with E-state index in [9.17, 15) is 19.6 Å². The van der Waals surface area contributed by atoms with Gasteiger partial charge in [0.05, 0.1) is 24.4 Å². The summed E-state index contributed by atoms with van der Waals surface area (Å²) in [5.41, 5.74) is 0.909. The van der Waals surface area contributed by atoms with Crippen molar-refractivity contribution in [1.29, 1.82) is 5.26 Å². The zero-order valence-electron chi connectivity index (χ0n) is 18.6. The van der Waals surface area contributed by atoms with E-state index in [-0.39, 0.29) is 42.3 Å². The molecule has 0 bridgehead atoms. The standard InChI is InChI=1S/C25H23NO6S/c1-5-12-32-20-11-9-8-10-17(20)13-18(15-26)19(27)14-21-22(24(28)30-6-2)16(4)23(33-21)25(29)31-7-3/h1,8-11,13H,6-7,12,14H2,2-4H3/b18-13+. The summed E-state index contributed by atoms with van der Waals surface area (Å²) in [7, 11) is 0. The van der Waals surface area contributed by atoms with Crippen LogP contribution in [0, 0.1) is 30.6 Å². The molecule has 2 rings (SSSR count). The lowest BCUT2D eigenvalue weighted by Crippen LogP contribution is -2.12. The van der Waals surface area contributed by atoms with Crippen molar-refractivity contribution in [2.45, 2.75) is 27.2 Å². The molecule has 0 saturated heterocycles. The maximum atomic E-state index is 13.0. The van der Waals surface area contributed by atoms with Crippen LogP contribution >= 0.6 is 11.3 Å². The second kappa shape index (κ2) is 12.2. The van der Waals surface area contributed by atoms with Gasteiger partial charge in [-0.2, -0.15) is 5.26 Å². The van der Waals surface area contributed by atoms with Crippen LogP contribution in [0.5, 0.6) is 5.75 Å². The molecule has 0 aliphatic rings. The van der Waals surface area contributed by atoms with E-state index in [0.717, 1.165) is 11.3 Å². The van der Waals surface area contributed by atoms with Crippen LogP contribution in [-0.2, 0) is 20.7 Å². The maximum Gasteiger partial charge on any atom is 0.348 e. The van der Waals surface area contributed by atoms with E-state index < -0.39 is 17.7 Å². The van der Waals surface area contributed by atoms with E-state index in [0.29, 0.717) is 21.8 Å². The highest BCUT2D eigenvalue weighted by atomic mass is 32.1. The van der Waals surface area contributed by atoms with E-state index in [2.05, 4.69) is 5.92 Å². The van der Waals surface area contributed by atoms with Gasteiger partial charge in [0, 0.05) is 16.9 Å².